The maximum atomic E-state index is 7.15. The maximum Gasteiger partial charge on any atom is 0.211 e. The van der Waals surface area contributed by atoms with Crippen molar-refractivity contribution >= 4 is 0 Å². The topological polar surface area (TPSA) is 20.2 Å². The average molecular weight is 109 g/mol. The maximum absolute atomic E-state index is 7.15. The molecule has 44 valence electrons. The van der Waals surface area contributed by atoms with Crippen molar-refractivity contribution in [1.29, 1.82) is 1.43 Å². The molecule has 0 heterocycles. The van der Waals surface area contributed by atoms with Crippen molar-refractivity contribution in [3.05, 3.63) is 0 Å². The van der Waals surface area contributed by atoms with Crippen LogP contribution in [0.4, 0.5) is 0 Å². The Labute approximate surface area is 55.3 Å². The third-order valence-electron chi connectivity index (χ3n) is 0.813. The molecule has 0 amide bonds. The summed E-state index contributed by atoms with van der Waals surface area (Å²) in [7, 11) is 0. The van der Waals surface area contributed by atoms with E-state index in [2.05, 4.69) is 5.11 Å². The Morgan fingerprint density at radius 3 is 2.29 bits per heavy atom. The molecule has 0 aromatic carbocycles. The fraction of sp³-hybridized carbons (Fsp3) is 1.00. The zero-order valence-corrected chi connectivity index (χ0v) is 4.49. The highest BCUT2D eigenvalue weighted by Gasteiger charge is 2.16. The van der Waals surface area contributed by atoms with Crippen molar-refractivity contribution in [2.24, 2.45) is 5.92 Å². The van der Waals surface area contributed by atoms with Crippen molar-refractivity contribution in [3.8, 4) is 0 Å². The van der Waals surface area contributed by atoms with Gasteiger partial charge in [0.05, 0.1) is 5.60 Å². The molecule has 0 spiro atoms. The van der Waals surface area contributed by atoms with E-state index in [4.69, 9.17) is 9.66 Å². The minimum absolute atomic E-state index is 0.806. The zero-order valence-electron chi connectivity index (χ0n) is 11.5. The van der Waals surface area contributed by atoms with E-state index >= 15 is 0 Å². The van der Waals surface area contributed by atoms with Crippen LogP contribution in [-0.4, -0.2) is 12.1 Å². The Balaban J connectivity index is 5.45. The molecule has 1 nitrogen and oxygen atoms in total. The molecule has 1 N–H and O–H groups in total. The van der Waals surface area contributed by atoms with E-state index in [-0.39, 0.29) is 0 Å². The van der Waals surface area contributed by atoms with Crippen molar-refractivity contribution in [3.63, 3.8) is 0 Å². The molecule has 0 radical (unpaired) electrons. The van der Waals surface area contributed by atoms with Crippen LogP contribution in [0.5, 0.6) is 0 Å². The van der Waals surface area contributed by atoms with E-state index in [1.807, 2.05) is 0 Å². The molecule has 0 saturated heterocycles. The molecule has 1 heteroatoms. The van der Waals surface area contributed by atoms with Gasteiger partial charge in [-0.15, -0.1) is 0 Å². The van der Waals surface area contributed by atoms with Crippen LogP contribution in [0.2, 0.25) is 0 Å². The summed E-state index contributed by atoms with van der Waals surface area (Å²) in [6.45, 7) is -2.89. The fourth-order valence-corrected chi connectivity index (χ4v) is 0. The summed E-state index contributed by atoms with van der Waals surface area (Å²) in [6.07, 6.45) is 0. The molecule has 0 atom stereocenters. The van der Waals surface area contributed by atoms with Gasteiger partial charge in [-0.25, -0.2) is 0 Å². The van der Waals surface area contributed by atoms with E-state index in [9.17, 15) is 0 Å². The average Bonchev–Trinajstić information content (AvgIpc) is 1.80. The van der Waals surface area contributed by atoms with Gasteiger partial charge in [-0.1, -0.05) is 13.8 Å². The Morgan fingerprint density at radius 1 is 1.71 bits per heavy atom. The van der Waals surface area contributed by atoms with Crippen LogP contribution in [-0.2, 0) is 0 Å². The number of hydrogen-bond donors (Lipinski definition) is 1. The third kappa shape index (κ3) is 2.63. The van der Waals surface area contributed by atoms with Gasteiger partial charge in [-0.05, 0) is 19.6 Å². The molecule has 0 rings (SSSR count). The van der Waals surface area contributed by atoms with Crippen LogP contribution in [0.15, 0.2) is 0 Å². The van der Waals surface area contributed by atoms with E-state index in [1.165, 1.54) is 13.8 Å². The van der Waals surface area contributed by atoms with Crippen LogP contribution in [0.3, 0.4) is 0 Å². The van der Waals surface area contributed by atoms with Gasteiger partial charge in [0.15, 0.2) is 0 Å². The summed E-state index contributed by atoms with van der Waals surface area (Å²) >= 11 is 0. The van der Waals surface area contributed by atoms with E-state index < -0.39 is 25.2 Å². The molecular formula is C6H14O. The van der Waals surface area contributed by atoms with Crippen LogP contribution in [0, 0.1) is 5.92 Å². The molecule has 0 aliphatic carbocycles. The van der Waals surface area contributed by atoms with Gasteiger partial charge in [0.2, 0.25) is 1.43 Å². The quantitative estimate of drug-likeness (QED) is 0.568. The van der Waals surface area contributed by atoms with Crippen LogP contribution in [0.1, 0.15) is 35.8 Å². The largest absolute Gasteiger partial charge is 0.390 e. The van der Waals surface area contributed by atoms with Crippen molar-refractivity contribution in [1.82, 2.24) is 0 Å². The van der Waals surface area contributed by atoms with Gasteiger partial charge >= 0.3 is 0 Å². The lowest BCUT2D eigenvalue weighted by Crippen LogP contribution is -2.25. The Bertz CT molecular complexity index is 177. The highest BCUT2D eigenvalue weighted by molar-refractivity contribution is 4.67. The van der Waals surface area contributed by atoms with Gasteiger partial charge < -0.3 is 5.11 Å². The highest BCUT2D eigenvalue weighted by Crippen LogP contribution is 2.12. The zero-order chi connectivity index (χ0) is 11.8. The number of hydrogen-bond acceptors (Lipinski definition) is 1. The second-order valence-electron chi connectivity index (χ2n) is 1.89. The van der Waals surface area contributed by atoms with Crippen molar-refractivity contribution < 1.29 is 13.3 Å². The molecule has 0 unspecified atom stereocenters. The summed E-state index contributed by atoms with van der Waals surface area (Å²) in [5, 5.41) is 4.05. The lowest BCUT2D eigenvalue weighted by atomic mass is 9.95. The first-order valence-electron chi connectivity index (χ1n) is 5.56. The van der Waals surface area contributed by atoms with E-state index in [1.54, 1.807) is 0 Å². The second kappa shape index (κ2) is 1.83. The summed E-state index contributed by atoms with van der Waals surface area (Å²) in [6, 6.07) is 0. The monoisotopic (exact) mass is 109 g/mol. The first-order chi connectivity index (χ1) is 6.00. The predicted octanol–water partition coefficient (Wildman–Crippen LogP) is 1.41. The Kier molecular flexibility index (Phi) is 0.384. The van der Waals surface area contributed by atoms with Gasteiger partial charge in [0.1, 0.15) is 0 Å². The van der Waals surface area contributed by atoms with E-state index in [0.29, 0.717) is 0 Å². The standard InChI is InChI=1S/C6H14O/c1-5(2)6(3,4)7/h5,7H,1-4H3/i3D3,4D3,7D. The molecule has 0 aromatic rings. The lowest BCUT2D eigenvalue weighted by molar-refractivity contribution is 0.0327. The van der Waals surface area contributed by atoms with Crippen LogP contribution >= 0.6 is 0 Å². The van der Waals surface area contributed by atoms with Gasteiger partial charge in [0.25, 0.3) is 0 Å². The van der Waals surface area contributed by atoms with Crippen LogP contribution in [0.25, 0.3) is 0 Å². The van der Waals surface area contributed by atoms with Gasteiger partial charge in [-0.2, -0.15) is 0 Å². The SMILES string of the molecule is [2H]OC(C(C)C)(C([2H])([2H])[2H])C([2H])([2H])[2H]. The first kappa shape index (κ1) is 1.47. The second-order valence-corrected chi connectivity index (χ2v) is 1.89. The molecule has 0 aromatic heterocycles. The number of rotatable bonds is 2. The lowest BCUT2D eigenvalue weighted by Gasteiger charge is -2.21. The Morgan fingerprint density at radius 2 is 2.29 bits per heavy atom. The molecular weight excluding hydrogens is 88.1 g/mol. The third-order valence-corrected chi connectivity index (χ3v) is 0.813. The molecule has 7 heavy (non-hydrogen) atoms. The highest BCUT2D eigenvalue weighted by atomic mass is 16.3. The van der Waals surface area contributed by atoms with Crippen molar-refractivity contribution in [2.75, 3.05) is 0 Å². The summed E-state index contributed by atoms with van der Waals surface area (Å²) in [4.78, 5) is 0. The van der Waals surface area contributed by atoms with Crippen molar-refractivity contribution in [2.45, 2.75) is 33.2 Å². The Hall–Kier alpha value is -0.0400. The minimum atomic E-state index is -2.85. The molecule has 0 aliphatic rings. The number of aliphatic hydroxyl groups is 1. The van der Waals surface area contributed by atoms with E-state index in [0.717, 1.165) is 0 Å². The predicted molar refractivity (Wildman–Crippen MR) is 31.1 cm³/mol. The molecule has 0 fully saturated rings. The van der Waals surface area contributed by atoms with Gasteiger partial charge in [-0.3, -0.25) is 0 Å². The van der Waals surface area contributed by atoms with Gasteiger partial charge in [0, 0.05) is 8.22 Å². The first-order valence-corrected chi connectivity index (χ1v) is 2.15. The molecule has 0 aliphatic heterocycles. The fourth-order valence-electron chi connectivity index (χ4n) is 0. The normalized spacial score (nSPS) is 31.0. The summed E-state index contributed by atoms with van der Waals surface area (Å²) < 4.78 is 49.6. The molecule has 0 saturated carbocycles. The summed E-state index contributed by atoms with van der Waals surface area (Å²) in [5.41, 5.74) is -2.42. The minimum Gasteiger partial charge on any atom is -0.390 e. The summed E-state index contributed by atoms with van der Waals surface area (Å²) in [5.74, 6) is -0.806. The van der Waals surface area contributed by atoms with Crippen LogP contribution < -0.4 is 0 Å². The smallest absolute Gasteiger partial charge is 0.211 e. The molecule has 0 bridgehead atoms.